The molecule has 2 N–H and O–H groups in total. The van der Waals surface area contributed by atoms with Gasteiger partial charge in [0.15, 0.2) is 6.04 Å². The molecule has 0 aliphatic heterocycles. The smallest absolute Gasteiger partial charge is 0.332 e. The van der Waals surface area contributed by atoms with Gasteiger partial charge in [-0.25, -0.2) is 4.79 Å². The van der Waals surface area contributed by atoms with Gasteiger partial charge in [-0.2, -0.15) is 0 Å². The molecule has 0 fully saturated rings. The van der Waals surface area contributed by atoms with Crippen LogP contribution in [0, 0.1) is 4.91 Å². The van der Waals surface area contributed by atoms with Crippen LogP contribution >= 0.6 is 0 Å². The fourth-order valence-electron chi connectivity index (χ4n) is 0.335. The molecule has 0 heterocycles. The normalized spacial score (nSPS) is 12.0. The zero-order chi connectivity index (χ0) is 8.15. The molecule has 0 spiro atoms. The Morgan fingerprint density at radius 1 is 1.40 bits per heavy atom. The lowest BCUT2D eigenvalue weighted by atomic mass is 10.2. The van der Waals surface area contributed by atoms with Crippen LogP contribution in [0.3, 0.4) is 0 Å². The van der Waals surface area contributed by atoms with Gasteiger partial charge in [-0.15, -0.1) is 4.91 Å². The summed E-state index contributed by atoms with van der Waals surface area (Å²) in [5.41, 5.74) is 0. The predicted octanol–water partition coefficient (Wildman–Crippen LogP) is -0.319. The Bertz CT molecular complexity index is 165. The lowest BCUT2D eigenvalue weighted by Crippen LogP contribution is -2.20. The molecular formula is C4H5NO5. The molecular weight excluding hydrogens is 142 g/mol. The van der Waals surface area contributed by atoms with E-state index in [2.05, 4.69) is 5.18 Å². The Kier molecular flexibility index (Phi) is 3.03. The van der Waals surface area contributed by atoms with Crippen molar-refractivity contribution in [3.05, 3.63) is 4.91 Å². The molecule has 0 aromatic heterocycles. The van der Waals surface area contributed by atoms with E-state index in [-0.39, 0.29) is 0 Å². The summed E-state index contributed by atoms with van der Waals surface area (Å²) in [5, 5.41) is 18.2. The van der Waals surface area contributed by atoms with Crippen LogP contribution in [0.25, 0.3) is 0 Å². The molecule has 0 saturated heterocycles. The third-order valence-corrected chi connectivity index (χ3v) is 0.780. The van der Waals surface area contributed by atoms with E-state index in [9.17, 15) is 14.5 Å². The highest BCUT2D eigenvalue weighted by atomic mass is 16.4. The maximum Gasteiger partial charge on any atom is 0.332 e. The van der Waals surface area contributed by atoms with Gasteiger partial charge >= 0.3 is 11.9 Å². The minimum Gasteiger partial charge on any atom is -0.481 e. The molecule has 0 radical (unpaired) electrons. The van der Waals surface area contributed by atoms with Gasteiger partial charge in [-0.1, -0.05) is 5.18 Å². The van der Waals surface area contributed by atoms with E-state index in [1.165, 1.54) is 0 Å². The number of carboxylic acids is 2. The molecule has 10 heavy (non-hydrogen) atoms. The van der Waals surface area contributed by atoms with Crippen molar-refractivity contribution in [2.45, 2.75) is 12.5 Å². The van der Waals surface area contributed by atoms with Crippen LogP contribution in [0.5, 0.6) is 0 Å². The minimum atomic E-state index is -1.67. The van der Waals surface area contributed by atoms with Crippen molar-refractivity contribution in [1.82, 2.24) is 0 Å². The van der Waals surface area contributed by atoms with Crippen LogP contribution in [0.2, 0.25) is 0 Å². The summed E-state index contributed by atoms with van der Waals surface area (Å²) in [6.07, 6.45) is -0.765. The van der Waals surface area contributed by atoms with Crippen molar-refractivity contribution >= 4 is 11.9 Å². The van der Waals surface area contributed by atoms with Gasteiger partial charge in [0.25, 0.3) is 0 Å². The van der Waals surface area contributed by atoms with Crippen molar-refractivity contribution in [2.75, 3.05) is 0 Å². The summed E-state index contributed by atoms with van der Waals surface area (Å²) in [5.74, 6) is -2.87. The third-order valence-electron chi connectivity index (χ3n) is 0.780. The van der Waals surface area contributed by atoms with Gasteiger partial charge in [0.1, 0.15) is 0 Å². The second-order valence-corrected chi connectivity index (χ2v) is 1.56. The SMILES string of the molecule is O=N[C@@H](CC(=O)O)C(=O)O. The number of carboxylic acid groups (broad SMARTS) is 2. The number of hydrogen-bond acceptors (Lipinski definition) is 4. The minimum absolute atomic E-state index is 0.765. The van der Waals surface area contributed by atoms with Crippen LogP contribution < -0.4 is 0 Å². The monoisotopic (exact) mass is 147 g/mol. The van der Waals surface area contributed by atoms with E-state index in [0.29, 0.717) is 0 Å². The Hall–Kier alpha value is -1.46. The fourth-order valence-corrected chi connectivity index (χ4v) is 0.335. The molecule has 1 atom stereocenters. The molecule has 0 amide bonds. The molecule has 6 nitrogen and oxygen atoms in total. The first-order valence-electron chi connectivity index (χ1n) is 2.35. The first-order chi connectivity index (χ1) is 4.57. The van der Waals surface area contributed by atoms with Crippen molar-refractivity contribution in [3.8, 4) is 0 Å². The highest BCUT2D eigenvalue weighted by molar-refractivity contribution is 5.80. The fraction of sp³-hybridized carbons (Fsp3) is 0.500. The second-order valence-electron chi connectivity index (χ2n) is 1.56. The molecule has 0 unspecified atom stereocenters. The van der Waals surface area contributed by atoms with E-state index in [0.717, 1.165) is 0 Å². The van der Waals surface area contributed by atoms with Gasteiger partial charge in [-0.3, -0.25) is 4.79 Å². The maximum atomic E-state index is 9.91. The number of nitroso groups, excluding NO2 is 1. The van der Waals surface area contributed by atoms with Crippen LogP contribution in [-0.4, -0.2) is 28.2 Å². The van der Waals surface area contributed by atoms with Crippen molar-refractivity contribution in [3.63, 3.8) is 0 Å². The van der Waals surface area contributed by atoms with Crippen molar-refractivity contribution in [2.24, 2.45) is 5.18 Å². The van der Waals surface area contributed by atoms with E-state index < -0.39 is 24.4 Å². The Labute approximate surface area is 55.4 Å². The van der Waals surface area contributed by atoms with E-state index in [1.807, 2.05) is 0 Å². The molecule has 0 aliphatic carbocycles. The van der Waals surface area contributed by atoms with Gasteiger partial charge in [0.05, 0.1) is 6.42 Å². The van der Waals surface area contributed by atoms with E-state index >= 15 is 0 Å². The first kappa shape index (κ1) is 8.54. The number of rotatable bonds is 4. The number of aliphatic carboxylic acids is 2. The molecule has 0 aromatic rings. The average Bonchev–Trinajstić information content (AvgIpc) is 1.81. The van der Waals surface area contributed by atoms with Crippen molar-refractivity contribution in [1.29, 1.82) is 0 Å². The van der Waals surface area contributed by atoms with Crippen LogP contribution in [0.1, 0.15) is 6.42 Å². The van der Waals surface area contributed by atoms with Crippen LogP contribution in [0.4, 0.5) is 0 Å². The highest BCUT2D eigenvalue weighted by Crippen LogP contribution is 1.96. The van der Waals surface area contributed by atoms with E-state index in [4.69, 9.17) is 10.2 Å². The quantitative estimate of drug-likeness (QED) is 0.530. The summed E-state index contributed by atoms with van der Waals surface area (Å²) in [6.45, 7) is 0. The maximum absolute atomic E-state index is 9.91. The molecule has 0 rings (SSSR count). The van der Waals surface area contributed by atoms with Crippen molar-refractivity contribution < 1.29 is 19.8 Å². The standard InChI is InChI=1S/C4H5NO5/c6-3(7)1-2(5-10)4(8)9/h2H,1H2,(H,6,7)(H,8,9)/t2-/m0/s1. The van der Waals surface area contributed by atoms with E-state index in [1.54, 1.807) is 0 Å². The summed E-state index contributed by atoms with van der Waals surface area (Å²) >= 11 is 0. The molecule has 6 heteroatoms. The zero-order valence-corrected chi connectivity index (χ0v) is 4.85. The third kappa shape index (κ3) is 2.75. The molecule has 0 bridgehead atoms. The first-order valence-corrected chi connectivity index (χ1v) is 2.35. The largest absolute Gasteiger partial charge is 0.481 e. The second kappa shape index (κ2) is 3.54. The number of hydrogen-bond donors (Lipinski definition) is 2. The highest BCUT2D eigenvalue weighted by Gasteiger charge is 2.20. The van der Waals surface area contributed by atoms with Gasteiger partial charge < -0.3 is 10.2 Å². The topological polar surface area (TPSA) is 104 Å². The Morgan fingerprint density at radius 3 is 2.00 bits per heavy atom. The molecule has 0 aliphatic rings. The van der Waals surface area contributed by atoms with Crippen LogP contribution in [-0.2, 0) is 9.59 Å². The van der Waals surface area contributed by atoms with Crippen LogP contribution in [0.15, 0.2) is 5.18 Å². The lowest BCUT2D eigenvalue weighted by molar-refractivity contribution is -0.144. The Morgan fingerprint density at radius 2 is 1.90 bits per heavy atom. The van der Waals surface area contributed by atoms with Gasteiger partial charge in [-0.05, 0) is 0 Å². The summed E-state index contributed by atoms with van der Waals surface area (Å²) < 4.78 is 0. The number of carbonyl (C=O) groups is 2. The Balaban J connectivity index is 3.96. The molecule has 0 aromatic carbocycles. The molecule has 0 saturated carbocycles. The molecule has 56 valence electrons. The number of nitrogens with zero attached hydrogens (tertiary/aromatic N) is 1. The summed E-state index contributed by atoms with van der Waals surface area (Å²) in [7, 11) is 0. The van der Waals surface area contributed by atoms with Gasteiger partial charge in [0, 0.05) is 0 Å². The summed E-state index contributed by atoms with van der Waals surface area (Å²) in [6, 6.07) is -1.67. The lowest BCUT2D eigenvalue weighted by Gasteiger charge is -1.96. The summed E-state index contributed by atoms with van der Waals surface area (Å²) in [4.78, 5) is 29.3. The predicted molar refractivity (Wildman–Crippen MR) is 29.5 cm³/mol. The van der Waals surface area contributed by atoms with Gasteiger partial charge in [0.2, 0.25) is 0 Å². The average molecular weight is 147 g/mol. The zero-order valence-electron chi connectivity index (χ0n) is 4.85.